The molecule has 74 valence electrons. The van der Waals surface area contributed by atoms with E-state index in [1.165, 1.54) is 5.56 Å². The number of aromatic nitrogens is 1. The Morgan fingerprint density at radius 1 is 1.36 bits per heavy atom. The van der Waals surface area contributed by atoms with Crippen LogP contribution in [0.3, 0.4) is 0 Å². The second-order valence-corrected chi connectivity index (χ2v) is 3.78. The van der Waals surface area contributed by atoms with Gasteiger partial charge in [0.05, 0.1) is 10.5 Å². The van der Waals surface area contributed by atoms with Gasteiger partial charge in [-0.2, -0.15) is 0 Å². The van der Waals surface area contributed by atoms with Crippen LogP contribution in [0.25, 0.3) is 10.9 Å². The van der Waals surface area contributed by atoms with Crippen LogP contribution in [0.4, 0.5) is 0 Å². The minimum absolute atomic E-state index is 0.727. The highest BCUT2D eigenvalue weighted by atomic mass is 35.5. The molecule has 0 radical (unpaired) electrons. The van der Waals surface area contributed by atoms with Crippen LogP contribution < -0.4 is 5.73 Å². The van der Waals surface area contributed by atoms with Gasteiger partial charge >= 0.3 is 0 Å². The number of H-pyrrole nitrogens is 1. The normalized spacial score (nSPS) is 11.0. The van der Waals surface area contributed by atoms with E-state index in [2.05, 4.69) is 11.1 Å². The molecule has 0 amide bonds. The van der Waals surface area contributed by atoms with E-state index in [-0.39, 0.29) is 0 Å². The Balaban J connectivity index is 2.44. The topological polar surface area (TPSA) is 41.8 Å². The van der Waals surface area contributed by atoms with Crippen molar-refractivity contribution in [3.05, 3.63) is 35.0 Å². The lowest BCUT2D eigenvalue weighted by molar-refractivity contribution is 0.836. The molecule has 0 saturated carbocycles. The van der Waals surface area contributed by atoms with E-state index >= 15 is 0 Å². The van der Waals surface area contributed by atoms with E-state index in [4.69, 9.17) is 17.3 Å². The summed E-state index contributed by atoms with van der Waals surface area (Å²) in [5.74, 6) is 0. The molecule has 0 aliphatic heterocycles. The molecule has 0 aliphatic rings. The molecule has 0 aliphatic carbocycles. The van der Waals surface area contributed by atoms with Gasteiger partial charge in [-0.15, -0.1) is 0 Å². The SMILES string of the molecule is NCCCc1cccc2c(Cl)c[nH]c12. The van der Waals surface area contributed by atoms with Gasteiger partial charge < -0.3 is 10.7 Å². The van der Waals surface area contributed by atoms with Crippen LogP contribution in [0.15, 0.2) is 24.4 Å². The summed E-state index contributed by atoms with van der Waals surface area (Å²) in [5, 5.41) is 1.88. The zero-order valence-corrected chi connectivity index (χ0v) is 8.64. The second kappa shape index (κ2) is 4.03. The maximum absolute atomic E-state index is 6.02. The van der Waals surface area contributed by atoms with Crippen LogP contribution in [0.2, 0.25) is 5.02 Å². The van der Waals surface area contributed by atoms with Crippen molar-refractivity contribution in [1.29, 1.82) is 0 Å². The zero-order chi connectivity index (χ0) is 9.97. The van der Waals surface area contributed by atoms with Crippen LogP contribution in [0.5, 0.6) is 0 Å². The molecule has 0 unspecified atom stereocenters. The number of aryl methyl sites for hydroxylation is 1. The number of halogens is 1. The van der Waals surface area contributed by atoms with Crippen molar-refractivity contribution < 1.29 is 0 Å². The first-order valence-corrected chi connectivity index (χ1v) is 5.15. The van der Waals surface area contributed by atoms with Gasteiger partial charge in [0.25, 0.3) is 0 Å². The molecule has 1 heterocycles. The Kier molecular flexibility index (Phi) is 2.75. The fourth-order valence-corrected chi connectivity index (χ4v) is 1.90. The number of para-hydroxylation sites is 1. The highest BCUT2D eigenvalue weighted by molar-refractivity contribution is 6.35. The summed E-state index contributed by atoms with van der Waals surface area (Å²) >= 11 is 6.02. The molecule has 2 rings (SSSR count). The largest absolute Gasteiger partial charge is 0.360 e. The Hall–Kier alpha value is -0.990. The van der Waals surface area contributed by atoms with Gasteiger partial charge in [0.2, 0.25) is 0 Å². The predicted molar refractivity (Wildman–Crippen MR) is 60.7 cm³/mol. The Morgan fingerprint density at radius 3 is 3.00 bits per heavy atom. The summed E-state index contributed by atoms with van der Waals surface area (Å²) < 4.78 is 0. The van der Waals surface area contributed by atoms with Crippen molar-refractivity contribution in [1.82, 2.24) is 4.98 Å². The first-order chi connectivity index (χ1) is 6.83. The Bertz CT molecular complexity index is 434. The van der Waals surface area contributed by atoms with Crippen molar-refractivity contribution in [2.24, 2.45) is 5.73 Å². The third-order valence-electron chi connectivity index (χ3n) is 2.40. The van der Waals surface area contributed by atoms with Crippen molar-refractivity contribution in [3.8, 4) is 0 Å². The van der Waals surface area contributed by atoms with E-state index < -0.39 is 0 Å². The maximum atomic E-state index is 6.02. The first kappa shape index (κ1) is 9.56. The van der Waals surface area contributed by atoms with E-state index in [9.17, 15) is 0 Å². The van der Waals surface area contributed by atoms with Gasteiger partial charge in [-0.1, -0.05) is 29.8 Å². The lowest BCUT2D eigenvalue weighted by atomic mass is 10.1. The van der Waals surface area contributed by atoms with Gasteiger partial charge in [-0.05, 0) is 24.9 Å². The van der Waals surface area contributed by atoms with Crippen LogP contribution in [0.1, 0.15) is 12.0 Å². The van der Waals surface area contributed by atoms with Gasteiger partial charge in [0, 0.05) is 11.6 Å². The maximum Gasteiger partial charge on any atom is 0.0659 e. The standard InChI is InChI=1S/C11H13ClN2/c12-10-7-14-11-8(4-2-6-13)3-1-5-9(10)11/h1,3,5,7,14H,2,4,6,13H2. The molecule has 3 N–H and O–H groups in total. The fourth-order valence-electron chi connectivity index (χ4n) is 1.68. The number of benzene rings is 1. The van der Waals surface area contributed by atoms with Crippen LogP contribution in [-0.2, 0) is 6.42 Å². The number of nitrogens with one attached hydrogen (secondary N) is 1. The molecule has 2 aromatic rings. The predicted octanol–water partition coefficient (Wildman–Crippen LogP) is 2.71. The van der Waals surface area contributed by atoms with E-state index in [1.54, 1.807) is 0 Å². The average molecular weight is 209 g/mol. The summed E-state index contributed by atoms with van der Waals surface area (Å²) in [6.07, 6.45) is 3.85. The van der Waals surface area contributed by atoms with E-state index in [0.29, 0.717) is 0 Å². The zero-order valence-electron chi connectivity index (χ0n) is 7.89. The van der Waals surface area contributed by atoms with E-state index in [1.807, 2.05) is 18.3 Å². The summed E-state index contributed by atoms with van der Waals surface area (Å²) in [7, 11) is 0. The van der Waals surface area contributed by atoms with Crippen molar-refractivity contribution >= 4 is 22.5 Å². The Morgan fingerprint density at radius 2 is 2.21 bits per heavy atom. The van der Waals surface area contributed by atoms with Crippen molar-refractivity contribution in [2.45, 2.75) is 12.8 Å². The fraction of sp³-hybridized carbons (Fsp3) is 0.273. The van der Waals surface area contributed by atoms with Crippen LogP contribution in [-0.4, -0.2) is 11.5 Å². The number of fused-ring (bicyclic) bond motifs is 1. The molecule has 0 atom stereocenters. The number of hydrogen-bond acceptors (Lipinski definition) is 1. The first-order valence-electron chi connectivity index (χ1n) is 4.77. The minimum Gasteiger partial charge on any atom is -0.360 e. The Labute approximate surface area is 88.1 Å². The summed E-state index contributed by atoms with van der Waals surface area (Å²) in [6.45, 7) is 0.727. The van der Waals surface area contributed by atoms with E-state index in [0.717, 1.165) is 35.3 Å². The van der Waals surface area contributed by atoms with Crippen molar-refractivity contribution in [3.63, 3.8) is 0 Å². The monoisotopic (exact) mass is 208 g/mol. The van der Waals surface area contributed by atoms with Gasteiger partial charge in [-0.3, -0.25) is 0 Å². The molecule has 0 bridgehead atoms. The summed E-state index contributed by atoms with van der Waals surface area (Å²) in [4.78, 5) is 3.19. The van der Waals surface area contributed by atoms with Gasteiger partial charge in [0.1, 0.15) is 0 Å². The molecule has 1 aromatic heterocycles. The number of aromatic amines is 1. The van der Waals surface area contributed by atoms with Gasteiger partial charge in [0.15, 0.2) is 0 Å². The number of nitrogens with two attached hydrogens (primary N) is 1. The second-order valence-electron chi connectivity index (χ2n) is 3.37. The lowest BCUT2D eigenvalue weighted by Crippen LogP contribution is -2.00. The third-order valence-corrected chi connectivity index (χ3v) is 2.71. The number of hydrogen-bond donors (Lipinski definition) is 2. The smallest absolute Gasteiger partial charge is 0.0659 e. The quantitative estimate of drug-likeness (QED) is 0.800. The van der Waals surface area contributed by atoms with Crippen LogP contribution in [0, 0.1) is 0 Å². The highest BCUT2D eigenvalue weighted by Crippen LogP contribution is 2.25. The van der Waals surface area contributed by atoms with Gasteiger partial charge in [-0.25, -0.2) is 0 Å². The van der Waals surface area contributed by atoms with Crippen molar-refractivity contribution in [2.75, 3.05) is 6.54 Å². The molecule has 0 spiro atoms. The third kappa shape index (κ3) is 1.63. The summed E-state index contributed by atoms with van der Waals surface area (Å²) in [5.41, 5.74) is 7.93. The molecule has 14 heavy (non-hydrogen) atoms. The summed E-state index contributed by atoms with van der Waals surface area (Å²) in [6, 6.07) is 6.18. The average Bonchev–Trinajstić information content (AvgIpc) is 2.58. The lowest BCUT2D eigenvalue weighted by Gasteiger charge is -2.01. The number of rotatable bonds is 3. The van der Waals surface area contributed by atoms with Crippen LogP contribution >= 0.6 is 11.6 Å². The molecule has 0 fully saturated rings. The minimum atomic E-state index is 0.727. The molecule has 0 saturated heterocycles. The molecule has 1 aromatic carbocycles. The molecule has 2 nitrogen and oxygen atoms in total. The highest BCUT2D eigenvalue weighted by Gasteiger charge is 2.04. The molecular formula is C11H13ClN2. The molecular weight excluding hydrogens is 196 g/mol. The molecule has 3 heteroatoms.